The van der Waals surface area contributed by atoms with Gasteiger partial charge in [-0.2, -0.15) is 0 Å². The highest BCUT2D eigenvalue weighted by atomic mass is 79.9. The molecule has 0 amide bonds. The Bertz CT molecular complexity index is 837. The molecule has 0 radical (unpaired) electrons. The summed E-state index contributed by atoms with van der Waals surface area (Å²) in [6.07, 6.45) is 2.60. The van der Waals surface area contributed by atoms with Gasteiger partial charge in [0.1, 0.15) is 17.9 Å². The lowest BCUT2D eigenvalue weighted by molar-refractivity contribution is -0.300. The summed E-state index contributed by atoms with van der Waals surface area (Å²) < 4.78 is 0.868. The molecule has 0 saturated carbocycles. The molecule has 3 rings (SSSR count). The number of pyridine rings is 1. The number of benzene rings is 2. The summed E-state index contributed by atoms with van der Waals surface area (Å²) in [6.45, 7) is 2.46. The quantitative estimate of drug-likeness (QED) is 0.376. The fraction of sp³-hybridized carbons (Fsp3) is 0.211. The van der Waals surface area contributed by atoms with Crippen LogP contribution in [-0.2, 0) is 22.8 Å². The molecule has 0 spiro atoms. The molecule has 2 aromatic carbocycles. The van der Waals surface area contributed by atoms with E-state index in [4.69, 9.17) is 9.78 Å². The molecule has 0 bridgehead atoms. The van der Waals surface area contributed by atoms with Gasteiger partial charge in [0.05, 0.1) is 6.61 Å². The maximum atomic E-state index is 10.4. The summed E-state index contributed by atoms with van der Waals surface area (Å²) in [5.41, 5.74) is 3.50. The predicted octanol–water partition coefficient (Wildman–Crippen LogP) is 4.76. The summed E-state index contributed by atoms with van der Waals surface area (Å²) in [5.74, 6) is 0.124. The van der Waals surface area contributed by atoms with Gasteiger partial charge in [-0.15, -0.1) is 0 Å². The topological polar surface area (TPSA) is 51.6 Å². The van der Waals surface area contributed by atoms with Crippen LogP contribution in [0.5, 0.6) is 5.75 Å². The van der Waals surface area contributed by atoms with Gasteiger partial charge in [-0.3, -0.25) is 4.98 Å². The molecule has 5 heteroatoms. The third kappa shape index (κ3) is 3.75. The number of hydrogen-bond donors (Lipinski definition) is 1. The van der Waals surface area contributed by atoms with Crippen LogP contribution < -0.4 is 0 Å². The molecular formula is C19H18BrNO3. The Labute approximate surface area is 149 Å². The first-order chi connectivity index (χ1) is 11.7. The Morgan fingerprint density at radius 2 is 1.88 bits per heavy atom. The van der Waals surface area contributed by atoms with Crippen molar-refractivity contribution < 1.29 is 14.9 Å². The molecule has 0 fully saturated rings. The van der Waals surface area contributed by atoms with E-state index in [1.807, 2.05) is 37.3 Å². The number of nitrogens with zero attached hydrogens (tertiary/aromatic N) is 1. The van der Waals surface area contributed by atoms with E-state index in [9.17, 15) is 5.11 Å². The van der Waals surface area contributed by atoms with Crippen molar-refractivity contribution in [1.29, 1.82) is 0 Å². The minimum atomic E-state index is 0.124. The third-order valence-electron chi connectivity index (χ3n) is 3.70. The minimum Gasteiger partial charge on any atom is -0.505 e. The molecule has 0 aliphatic carbocycles. The molecule has 4 nitrogen and oxygen atoms in total. The molecular weight excluding hydrogens is 370 g/mol. The van der Waals surface area contributed by atoms with Crippen LogP contribution in [0, 0.1) is 0 Å². The van der Waals surface area contributed by atoms with Gasteiger partial charge in [0.25, 0.3) is 0 Å². The number of hydrogen-bond acceptors (Lipinski definition) is 4. The molecule has 0 atom stereocenters. The van der Waals surface area contributed by atoms with Gasteiger partial charge in [0, 0.05) is 21.6 Å². The normalized spacial score (nSPS) is 11.1. The van der Waals surface area contributed by atoms with Crippen LogP contribution in [0.3, 0.4) is 0 Å². The zero-order chi connectivity index (χ0) is 16.9. The zero-order valence-electron chi connectivity index (χ0n) is 13.3. The summed E-state index contributed by atoms with van der Waals surface area (Å²) in [7, 11) is 0. The van der Waals surface area contributed by atoms with Crippen LogP contribution in [0.15, 0.2) is 53.1 Å². The largest absolute Gasteiger partial charge is 0.505 e. The molecule has 124 valence electrons. The molecule has 3 aromatic rings. The van der Waals surface area contributed by atoms with E-state index < -0.39 is 0 Å². The van der Waals surface area contributed by atoms with Crippen molar-refractivity contribution in [2.75, 3.05) is 6.61 Å². The number of phenols is 1. The molecule has 1 N–H and O–H groups in total. The Morgan fingerprint density at radius 3 is 2.62 bits per heavy atom. The summed E-state index contributed by atoms with van der Waals surface area (Å²) in [6, 6.07) is 14.1. The van der Waals surface area contributed by atoms with E-state index in [0.717, 1.165) is 21.8 Å². The monoisotopic (exact) mass is 387 g/mol. The van der Waals surface area contributed by atoms with Gasteiger partial charge in [-0.05, 0) is 36.6 Å². The summed E-state index contributed by atoms with van der Waals surface area (Å²) >= 11 is 3.56. The van der Waals surface area contributed by atoms with Crippen molar-refractivity contribution in [3.63, 3.8) is 0 Å². The standard InChI is InChI=1S/C19H18BrNO3/c1-2-23-24-12-15-10-17(20)16-9-14(11-21-18(16)19(15)22)8-13-6-4-3-5-7-13/h3-7,9-11,22H,2,8,12H2,1H3. The van der Waals surface area contributed by atoms with Gasteiger partial charge in [-0.1, -0.05) is 46.3 Å². The molecule has 1 aromatic heterocycles. The molecule has 0 saturated heterocycles. The highest BCUT2D eigenvalue weighted by molar-refractivity contribution is 9.10. The average Bonchev–Trinajstić information content (AvgIpc) is 2.60. The van der Waals surface area contributed by atoms with Crippen LogP contribution in [-0.4, -0.2) is 16.7 Å². The summed E-state index contributed by atoms with van der Waals surface area (Å²) in [4.78, 5) is 14.4. The number of rotatable bonds is 6. The number of aromatic hydroxyl groups is 1. The lowest BCUT2D eigenvalue weighted by Crippen LogP contribution is -1.97. The van der Waals surface area contributed by atoms with Crippen LogP contribution in [0.2, 0.25) is 0 Å². The van der Waals surface area contributed by atoms with Gasteiger partial charge >= 0.3 is 0 Å². The van der Waals surface area contributed by atoms with Crippen molar-refractivity contribution in [3.05, 3.63) is 69.8 Å². The van der Waals surface area contributed by atoms with Gasteiger partial charge in [0.15, 0.2) is 0 Å². The number of phenolic OH excluding ortho intramolecular Hbond substituents is 1. The van der Waals surface area contributed by atoms with Crippen LogP contribution >= 0.6 is 15.9 Å². The Kier molecular flexibility index (Phi) is 5.45. The Balaban J connectivity index is 1.92. The molecule has 0 aliphatic rings. The third-order valence-corrected chi connectivity index (χ3v) is 4.35. The summed E-state index contributed by atoms with van der Waals surface area (Å²) in [5, 5.41) is 11.3. The van der Waals surface area contributed by atoms with E-state index in [2.05, 4.69) is 33.0 Å². The van der Waals surface area contributed by atoms with E-state index in [1.165, 1.54) is 5.56 Å². The van der Waals surface area contributed by atoms with Crippen LogP contribution in [0.25, 0.3) is 10.9 Å². The zero-order valence-corrected chi connectivity index (χ0v) is 14.9. The second kappa shape index (κ2) is 7.75. The van der Waals surface area contributed by atoms with Gasteiger partial charge in [0.2, 0.25) is 0 Å². The van der Waals surface area contributed by atoms with Crippen molar-refractivity contribution in [3.8, 4) is 5.75 Å². The Hall–Kier alpha value is -1.95. The van der Waals surface area contributed by atoms with E-state index in [1.54, 1.807) is 6.20 Å². The van der Waals surface area contributed by atoms with Crippen molar-refractivity contribution in [2.45, 2.75) is 20.0 Å². The average molecular weight is 388 g/mol. The maximum absolute atomic E-state index is 10.4. The smallest absolute Gasteiger partial charge is 0.147 e. The highest BCUT2D eigenvalue weighted by Gasteiger charge is 2.13. The van der Waals surface area contributed by atoms with Crippen molar-refractivity contribution in [1.82, 2.24) is 4.98 Å². The molecule has 0 aliphatic heterocycles. The predicted molar refractivity (Wildman–Crippen MR) is 96.8 cm³/mol. The lowest BCUT2D eigenvalue weighted by atomic mass is 10.0. The second-order valence-corrected chi connectivity index (χ2v) is 6.29. The lowest BCUT2D eigenvalue weighted by Gasteiger charge is -2.11. The maximum Gasteiger partial charge on any atom is 0.147 e. The van der Waals surface area contributed by atoms with E-state index >= 15 is 0 Å². The fourth-order valence-corrected chi connectivity index (χ4v) is 3.14. The SMILES string of the molecule is CCOOCc1cc(Br)c2cc(Cc3ccccc3)cnc2c1O. The molecule has 24 heavy (non-hydrogen) atoms. The fourth-order valence-electron chi connectivity index (χ4n) is 2.56. The van der Waals surface area contributed by atoms with Gasteiger partial charge < -0.3 is 5.11 Å². The number of halogens is 1. The first-order valence-electron chi connectivity index (χ1n) is 7.76. The van der Waals surface area contributed by atoms with E-state index in [-0.39, 0.29) is 12.4 Å². The van der Waals surface area contributed by atoms with Crippen LogP contribution in [0.4, 0.5) is 0 Å². The first kappa shape index (κ1) is 16.9. The minimum absolute atomic E-state index is 0.124. The first-order valence-corrected chi connectivity index (χ1v) is 8.55. The Morgan fingerprint density at radius 1 is 1.08 bits per heavy atom. The molecule has 1 heterocycles. The van der Waals surface area contributed by atoms with Crippen molar-refractivity contribution >= 4 is 26.8 Å². The van der Waals surface area contributed by atoms with E-state index in [0.29, 0.717) is 17.7 Å². The number of fused-ring (bicyclic) bond motifs is 1. The second-order valence-electron chi connectivity index (χ2n) is 5.44. The number of aromatic nitrogens is 1. The van der Waals surface area contributed by atoms with Crippen LogP contribution in [0.1, 0.15) is 23.6 Å². The van der Waals surface area contributed by atoms with Gasteiger partial charge in [-0.25, -0.2) is 9.78 Å². The molecule has 0 unspecified atom stereocenters. The highest BCUT2D eigenvalue weighted by Crippen LogP contribution is 2.34. The van der Waals surface area contributed by atoms with Crippen molar-refractivity contribution in [2.24, 2.45) is 0 Å².